The highest BCUT2D eigenvalue weighted by Gasteiger charge is 2.34. The molecular formula is C33H40ClN3O5S. The van der Waals surface area contributed by atoms with Crippen molar-refractivity contribution in [3.05, 3.63) is 88.4 Å². The topological polar surface area (TPSA) is 96.0 Å². The molecule has 10 heteroatoms. The summed E-state index contributed by atoms with van der Waals surface area (Å²) in [4.78, 5) is 29.2. The Bertz CT molecular complexity index is 1520. The minimum absolute atomic E-state index is 0.0510. The number of carbonyl (C=O) groups excluding carboxylic acids is 2. The molecule has 230 valence electrons. The summed E-state index contributed by atoms with van der Waals surface area (Å²) in [6.07, 6.45) is 5.07. The van der Waals surface area contributed by atoms with Gasteiger partial charge in [-0.25, -0.2) is 8.42 Å². The van der Waals surface area contributed by atoms with Crippen molar-refractivity contribution < 1.29 is 22.7 Å². The third-order valence-electron chi connectivity index (χ3n) is 8.03. The highest BCUT2D eigenvalue weighted by atomic mass is 35.5. The molecule has 0 bridgehead atoms. The van der Waals surface area contributed by atoms with Crippen LogP contribution in [-0.4, -0.2) is 50.9 Å². The van der Waals surface area contributed by atoms with Gasteiger partial charge in [0.25, 0.3) is 10.0 Å². The number of aryl methyl sites for hydroxylation is 1. The van der Waals surface area contributed by atoms with Gasteiger partial charge in [-0.3, -0.25) is 13.9 Å². The summed E-state index contributed by atoms with van der Waals surface area (Å²) in [6, 6.07) is 17.9. The molecule has 8 nitrogen and oxygen atoms in total. The van der Waals surface area contributed by atoms with Crippen molar-refractivity contribution in [3.8, 4) is 5.75 Å². The molecule has 1 fully saturated rings. The van der Waals surface area contributed by atoms with Crippen LogP contribution in [0.2, 0.25) is 5.02 Å². The molecule has 1 aliphatic rings. The fourth-order valence-corrected chi connectivity index (χ4v) is 6.94. The number of nitrogens with one attached hydrogen (secondary N) is 1. The van der Waals surface area contributed by atoms with E-state index in [0.717, 1.165) is 47.5 Å². The van der Waals surface area contributed by atoms with Gasteiger partial charge in [0.15, 0.2) is 0 Å². The van der Waals surface area contributed by atoms with E-state index in [2.05, 4.69) is 5.32 Å². The smallest absolute Gasteiger partial charge is 0.264 e. The molecule has 0 unspecified atom stereocenters. The average Bonchev–Trinajstić information content (AvgIpc) is 3.00. The molecule has 0 saturated heterocycles. The van der Waals surface area contributed by atoms with E-state index in [1.165, 1.54) is 17.0 Å². The van der Waals surface area contributed by atoms with Crippen LogP contribution in [0, 0.1) is 13.8 Å². The predicted octanol–water partition coefficient (Wildman–Crippen LogP) is 6.03. The summed E-state index contributed by atoms with van der Waals surface area (Å²) < 4.78 is 34.5. The summed E-state index contributed by atoms with van der Waals surface area (Å²) in [7, 11) is -2.61. The highest BCUT2D eigenvalue weighted by molar-refractivity contribution is 7.92. The molecule has 0 radical (unpaired) electrons. The van der Waals surface area contributed by atoms with Gasteiger partial charge in [-0.1, -0.05) is 66.8 Å². The van der Waals surface area contributed by atoms with E-state index < -0.39 is 28.5 Å². The first-order chi connectivity index (χ1) is 20.5. The van der Waals surface area contributed by atoms with Crippen molar-refractivity contribution in [2.24, 2.45) is 0 Å². The molecule has 0 heterocycles. The fourth-order valence-electron chi connectivity index (χ4n) is 5.30. The maximum absolute atomic E-state index is 14.2. The average molecular weight is 626 g/mol. The van der Waals surface area contributed by atoms with E-state index in [1.807, 2.05) is 19.1 Å². The van der Waals surface area contributed by atoms with E-state index >= 15 is 0 Å². The van der Waals surface area contributed by atoms with Gasteiger partial charge in [0.2, 0.25) is 11.8 Å². The van der Waals surface area contributed by atoms with Crippen LogP contribution in [0.15, 0.2) is 71.6 Å². The summed E-state index contributed by atoms with van der Waals surface area (Å²) in [5, 5.41) is 3.50. The number of anilines is 1. The monoisotopic (exact) mass is 625 g/mol. The van der Waals surface area contributed by atoms with Crippen LogP contribution in [0.5, 0.6) is 5.75 Å². The Kier molecular flexibility index (Phi) is 10.7. The Balaban J connectivity index is 1.70. The van der Waals surface area contributed by atoms with Gasteiger partial charge < -0.3 is 15.0 Å². The minimum Gasteiger partial charge on any atom is -0.497 e. The molecule has 3 aromatic rings. The van der Waals surface area contributed by atoms with E-state index in [4.69, 9.17) is 16.3 Å². The lowest BCUT2D eigenvalue weighted by Crippen LogP contribution is -2.53. The Hall–Kier alpha value is -3.56. The Morgan fingerprint density at radius 3 is 2.26 bits per heavy atom. The number of nitrogens with zero attached hydrogens (tertiary/aromatic N) is 2. The summed E-state index contributed by atoms with van der Waals surface area (Å²) >= 11 is 6.41. The third-order valence-corrected chi connectivity index (χ3v) is 10.2. The second-order valence-corrected chi connectivity index (χ2v) is 13.4. The number of halogens is 1. The lowest BCUT2D eigenvalue weighted by Gasteiger charge is -2.33. The zero-order valence-electron chi connectivity index (χ0n) is 25.2. The fraction of sp³-hybridized carbons (Fsp3) is 0.394. The van der Waals surface area contributed by atoms with Gasteiger partial charge in [-0.05, 0) is 81.1 Å². The van der Waals surface area contributed by atoms with E-state index in [1.54, 1.807) is 63.4 Å². The van der Waals surface area contributed by atoms with Crippen LogP contribution in [0.4, 0.5) is 5.69 Å². The molecule has 0 aliphatic heterocycles. The normalized spacial score (nSPS) is 14.5. The number of amides is 2. The van der Waals surface area contributed by atoms with Crippen LogP contribution < -0.4 is 14.4 Å². The number of carbonyl (C=O) groups is 2. The summed E-state index contributed by atoms with van der Waals surface area (Å²) in [6.45, 7) is 4.86. The van der Waals surface area contributed by atoms with Gasteiger partial charge in [0.05, 0.1) is 17.7 Å². The Labute approximate surface area is 260 Å². The van der Waals surface area contributed by atoms with Crippen LogP contribution >= 0.6 is 11.6 Å². The predicted molar refractivity (Wildman–Crippen MR) is 170 cm³/mol. The lowest BCUT2D eigenvalue weighted by atomic mass is 9.95. The molecule has 1 atom stereocenters. The molecule has 1 aliphatic carbocycles. The second-order valence-electron chi connectivity index (χ2n) is 11.1. The summed E-state index contributed by atoms with van der Waals surface area (Å²) in [5.41, 5.74) is 2.50. The zero-order chi connectivity index (χ0) is 31.1. The standard InChI is InChI=1S/C33H40ClN3O5S/c1-23-13-19-29(20-14-23)43(40,41)37(31-12-8-11-30(34)24(31)2)22-32(38)36(21-26-15-17-28(42-4)18-16-26)25(3)33(39)35-27-9-6-5-7-10-27/h8,11-20,25,27H,5-7,9-10,21-22H2,1-4H3,(H,35,39)/t25-/m1/s1. The molecule has 3 aromatic carbocycles. The number of ether oxygens (including phenoxy) is 1. The van der Waals surface area contributed by atoms with Crippen molar-refractivity contribution in [3.63, 3.8) is 0 Å². The minimum atomic E-state index is -4.18. The number of hydrogen-bond acceptors (Lipinski definition) is 5. The molecule has 1 saturated carbocycles. The first-order valence-corrected chi connectivity index (χ1v) is 16.4. The number of sulfonamides is 1. The first kappa shape index (κ1) is 32.4. The van der Waals surface area contributed by atoms with Crippen LogP contribution in [-0.2, 0) is 26.2 Å². The van der Waals surface area contributed by atoms with E-state index in [9.17, 15) is 18.0 Å². The maximum atomic E-state index is 14.2. The van der Waals surface area contributed by atoms with Crippen molar-refractivity contribution >= 4 is 39.1 Å². The Morgan fingerprint density at radius 2 is 1.63 bits per heavy atom. The number of benzene rings is 3. The van der Waals surface area contributed by atoms with Crippen molar-refractivity contribution in [2.75, 3.05) is 18.0 Å². The molecular weight excluding hydrogens is 586 g/mol. The van der Waals surface area contributed by atoms with Gasteiger partial charge in [-0.2, -0.15) is 0 Å². The zero-order valence-corrected chi connectivity index (χ0v) is 26.7. The van der Waals surface area contributed by atoms with Gasteiger partial charge in [-0.15, -0.1) is 0 Å². The van der Waals surface area contributed by atoms with Crippen molar-refractivity contribution in [1.82, 2.24) is 10.2 Å². The second kappa shape index (κ2) is 14.3. The third kappa shape index (κ3) is 7.89. The van der Waals surface area contributed by atoms with Crippen molar-refractivity contribution in [2.45, 2.75) is 76.4 Å². The maximum Gasteiger partial charge on any atom is 0.264 e. The van der Waals surface area contributed by atoms with Gasteiger partial charge in [0.1, 0.15) is 18.3 Å². The largest absolute Gasteiger partial charge is 0.497 e. The SMILES string of the molecule is COc1ccc(CN(C(=O)CN(c2cccc(Cl)c2C)S(=O)(=O)c2ccc(C)cc2)[C@H](C)C(=O)NC2CCCCC2)cc1. The molecule has 2 amide bonds. The number of methoxy groups -OCH3 is 1. The number of hydrogen-bond donors (Lipinski definition) is 1. The van der Waals surface area contributed by atoms with Gasteiger partial charge in [0, 0.05) is 17.6 Å². The lowest BCUT2D eigenvalue weighted by molar-refractivity contribution is -0.139. The first-order valence-electron chi connectivity index (χ1n) is 14.6. The van der Waals surface area contributed by atoms with Crippen molar-refractivity contribution in [1.29, 1.82) is 0 Å². The summed E-state index contributed by atoms with van der Waals surface area (Å²) in [5.74, 6) is -0.116. The molecule has 0 aromatic heterocycles. The molecule has 43 heavy (non-hydrogen) atoms. The van der Waals surface area contributed by atoms with Gasteiger partial charge >= 0.3 is 0 Å². The molecule has 1 N–H and O–H groups in total. The molecule has 4 rings (SSSR count). The van der Waals surface area contributed by atoms with Crippen LogP contribution in [0.25, 0.3) is 0 Å². The van der Waals surface area contributed by atoms with Crippen LogP contribution in [0.1, 0.15) is 55.7 Å². The van der Waals surface area contributed by atoms with E-state index in [-0.39, 0.29) is 23.4 Å². The van der Waals surface area contributed by atoms with E-state index in [0.29, 0.717) is 22.0 Å². The molecule has 0 spiro atoms. The van der Waals surface area contributed by atoms with Crippen LogP contribution in [0.3, 0.4) is 0 Å². The number of rotatable bonds is 11. The Morgan fingerprint density at radius 1 is 0.977 bits per heavy atom. The highest BCUT2D eigenvalue weighted by Crippen LogP contribution is 2.31. The quantitative estimate of drug-likeness (QED) is 0.281.